The summed E-state index contributed by atoms with van der Waals surface area (Å²) in [4.78, 5) is 49.1. The number of amides is 1. The molecule has 220 valence electrons. The zero-order valence-electron chi connectivity index (χ0n) is 24.0. The molecule has 4 aromatic heterocycles. The molecular formula is C33H28N6O4S. The Morgan fingerprint density at radius 2 is 1.80 bits per heavy atom. The van der Waals surface area contributed by atoms with Gasteiger partial charge in [-0.25, -0.2) is 4.98 Å². The molecule has 0 aliphatic heterocycles. The predicted octanol–water partition coefficient (Wildman–Crippen LogP) is 5.24. The Kier molecular flexibility index (Phi) is 6.86. The average molecular weight is 605 g/mol. The van der Waals surface area contributed by atoms with Gasteiger partial charge < -0.3 is 19.6 Å². The van der Waals surface area contributed by atoms with Crippen molar-refractivity contribution in [3.63, 3.8) is 0 Å². The number of para-hydroxylation sites is 2. The highest BCUT2D eigenvalue weighted by atomic mass is 32.1. The van der Waals surface area contributed by atoms with Crippen LogP contribution in [0.4, 0.5) is 5.69 Å². The van der Waals surface area contributed by atoms with Crippen LogP contribution in [0.5, 0.6) is 5.75 Å². The Balaban J connectivity index is 1.32. The van der Waals surface area contributed by atoms with E-state index in [4.69, 9.17) is 9.72 Å². The Hall–Kier alpha value is -5.42. The number of ether oxygens (including phenoxy) is 1. The maximum atomic E-state index is 14.2. The van der Waals surface area contributed by atoms with Gasteiger partial charge in [0.2, 0.25) is 11.0 Å². The third-order valence-electron chi connectivity index (χ3n) is 7.89. The molecule has 0 atom stereocenters. The molecule has 3 aromatic carbocycles. The lowest BCUT2D eigenvalue weighted by atomic mass is 10.1. The van der Waals surface area contributed by atoms with Crippen LogP contribution in [0.2, 0.25) is 0 Å². The van der Waals surface area contributed by atoms with Crippen molar-refractivity contribution in [2.75, 3.05) is 12.4 Å². The van der Waals surface area contributed by atoms with E-state index < -0.39 is 0 Å². The van der Waals surface area contributed by atoms with Gasteiger partial charge in [0.1, 0.15) is 12.3 Å². The number of methoxy groups -OCH3 is 1. The summed E-state index contributed by atoms with van der Waals surface area (Å²) in [6, 6.07) is 24.1. The van der Waals surface area contributed by atoms with Crippen LogP contribution in [-0.4, -0.2) is 36.9 Å². The van der Waals surface area contributed by atoms with E-state index in [2.05, 4.69) is 10.3 Å². The number of pyridine rings is 1. The largest absolute Gasteiger partial charge is 0.497 e. The molecule has 7 aromatic rings. The molecule has 7 rings (SSSR count). The number of aryl methyl sites for hydroxylation is 2. The van der Waals surface area contributed by atoms with Gasteiger partial charge in [0.05, 0.1) is 28.2 Å². The Bertz CT molecular complexity index is 2270. The number of carbonyl (C=O) groups is 1. The fraction of sp³-hybridized carbons (Fsp3) is 0.152. The maximum absolute atomic E-state index is 14.2. The van der Waals surface area contributed by atoms with E-state index in [-0.39, 0.29) is 23.6 Å². The summed E-state index contributed by atoms with van der Waals surface area (Å²) in [5.41, 5.74) is 3.78. The second kappa shape index (κ2) is 11.0. The number of hydrogen-bond acceptors (Lipinski definition) is 6. The quantitative estimate of drug-likeness (QED) is 0.246. The summed E-state index contributed by atoms with van der Waals surface area (Å²) in [7, 11) is 1.57. The molecule has 11 heteroatoms. The van der Waals surface area contributed by atoms with E-state index in [0.717, 1.165) is 26.7 Å². The standard InChI is InChI=1S/C33H28N6O4S/c1-20-31-27(17-30(41)37(20)16-15-21-18-34-25-8-4-3-7-24(21)25)38(19-29(40)35-22-11-13-23(43-2)14-12-22)39(32(31)42)33-36-26-9-5-6-10-28(26)44-33/h3-14,17-18,34H,15-16,19H2,1-2H3,(H,35,40). The lowest BCUT2D eigenvalue weighted by Gasteiger charge is -2.13. The molecular weight excluding hydrogens is 576 g/mol. The molecule has 1 amide bonds. The van der Waals surface area contributed by atoms with E-state index in [1.165, 1.54) is 22.1 Å². The van der Waals surface area contributed by atoms with Crippen molar-refractivity contribution < 1.29 is 9.53 Å². The Morgan fingerprint density at radius 3 is 2.59 bits per heavy atom. The van der Waals surface area contributed by atoms with Gasteiger partial charge in [0, 0.05) is 41.1 Å². The number of fused-ring (bicyclic) bond motifs is 3. The number of aromatic amines is 1. The normalized spacial score (nSPS) is 11.5. The molecule has 0 bridgehead atoms. The molecule has 0 aliphatic carbocycles. The predicted molar refractivity (Wildman–Crippen MR) is 173 cm³/mol. The molecule has 10 nitrogen and oxygen atoms in total. The topological polar surface area (TPSA) is 116 Å². The van der Waals surface area contributed by atoms with Crippen molar-refractivity contribution in [2.24, 2.45) is 0 Å². The molecule has 0 radical (unpaired) electrons. The van der Waals surface area contributed by atoms with Gasteiger partial charge in [-0.05, 0) is 61.4 Å². The van der Waals surface area contributed by atoms with Crippen LogP contribution in [0.3, 0.4) is 0 Å². The molecule has 4 heterocycles. The van der Waals surface area contributed by atoms with Gasteiger partial charge in [-0.2, -0.15) is 4.68 Å². The molecule has 2 N–H and O–H groups in total. The number of carbonyl (C=O) groups excluding carboxylic acids is 1. The fourth-order valence-corrected chi connectivity index (χ4v) is 6.67. The minimum absolute atomic E-state index is 0.209. The first-order valence-electron chi connectivity index (χ1n) is 14.1. The molecule has 0 aliphatic rings. The van der Waals surface area contributed by atoms with Gasteiger partial charge >= 0.3 is 0 Å². The number of hydrogen-bond donors (Lipinski definition) is 2. The number of nitrogens with zero attached hydrogens (tertiary/aromatic N) is 4. The second-order valence-electron chi connectivity index (χ2n) is 10.5. The average Bonchev–Trinajstić information content (AvgIpc) is 3.71. The van der Waals surface area contributed by atoms with Crippen LogP contribution in [0, 0.1) is 6.92 Å². The van der Waals surface area contributed by atoms with E-state index in [1.54, 1.807) is 47.5 Å². The molecule has 0 saturated carbocycles. The number of benzene rings is 3. The van der Waals surface area contributed by atoms with Crippen LogP contribution >= 0.6 is 11.3 Å². The highest BCUT2D eigenvalue weighted by Gasteiger charge is 2.23. The number of H-pyrrole nitrogens is 1. The smallest absolute Gasteiger partial charge is 0.283 e. The molecule has 44 heavy (non-hydrogen) atoms. The highest BCUT2D eigenvalue weighted by Crippen LogP contribution is 2.26. The third kappa shape index (κ3) is 4.77. The SMILES string of the molecule is COc1ccc(NC(=O)Cn2c3cc(=O)n(CCc4c[nH]c5ccccc45)c(C)c3c(=O)n2-c2nc3ccccc3s2)cc1. The summed E-state index contributed by atoms with van der Waals surface area (Å²) in [5.74, 6) is 0.309. The number of thiazole rings is 1. The van der Waals surface area contributed by atoms with Crippen LogP contribution < -0.4 is 21.2 Å². The zero-order chi connectivity index (χ0) is 30.4. The summed E-state index contributed by atoms with van der Waals surface area (Å²) >= 11 is 1.35. The van der Waals surface area contributed by atoms with E-state index in [9.17, 15) is 14.4 Å². The first-order chi connectivity index (χ1) is 21.4. The van der Waals surface area contributed by atoms with Crippen LogP contribution in [-0.2, 0) is 24.3 Å². The van der Waals surface area contributed by atoms with Gasteiger partial charge in [-0.15, -0.1) is 0 Å². The first-order valence-corrected chi connectivity index (χ1v) is 14.9. The molecule has 0 spiro atoms. The van der Waals surface area contributed by atoms with Crippen molar-refractivity contribution in [1.29, 1.82) is 0 Å². The van der Waals surface area contributed by atoms with E-state index >= 15 is 0 Å². The Morgan fingerprint density at radius 1 is 1.02 bits per heavy atom. The molecule has 0 unspecified atom stereocenters. The zero-order valence-corrected chi connectivity index (χ0v) is 24.9. The fourth-order valence-electron chi connectivity index (χ4n) is 5.70. The first kappa shape index (κ1) is 27.4. The number of nitrogens with one attached hydrogen (secondary N) is 2. The lowest BCUT2D eigenvalue weighted by Crippen LogP contribution is -2.27. The van der Waals surface area contributed by atoms with Crippen LogP contribution in [0.25, 0.3) is 37.2 Å². The van der Waals surface area contributed by atoms with Crippen molar-refractivity contribution in [2.45, 2.75) is 26.4 Å². The second-order valence-corrected chi connectivity index (χ2v) is 11.5. The Labute approximate surface area is 254 Å². The van der Waals surface area contributed by atoms with E-state index in [1.807, 2.05) is 54.7 Å². The van der Waals surface area contributed by atoms with E-state index in [0.29, 0.717) is 46.1 Å². The minimum Gasteiger partial charge on any atom is -0.497 e. The number of aromatic nitrogens is 5. The monoisotopic (exact) mass is 604 g/mol. The van der Waals surface area contributed by atoms with Gasteiger partial charge in [0.15, 0.2) is 0 Å². The van der Waals surface area contributed by atoms with Gasteiger partial charge in [-0.1, -0.05) is 41.7 Å². The number of rotatable bonds is 8. The minimum atomic E-state index is -0.358. The van der Waals surface area contributed by atoms with Crippen molar-refractivity contribution in [3.8, 4) is 10.9 Å². The van der Waals surface area contributed by atoms with Crippen LogP contribution in [0.15, 0.2) is 94.6 Å². The third-order valence-corrected chi connectivity index (χ3v) is 8.90. The lowest BCUT2D eigenvalue weighted by molar-refractivity contribution is -0.116. The molecule has 0 fully saturated rings. The van der Waals surface area contributed by atoms with Gasteiger partial charge in [0.25, 0.3) is 11.1 Å². The number of anilines is 1. The summed E-state index contributed by atoms with van der Waals surface area (Å²) in [5, 5.41) is 4.77. The van der Waals surface area contributed by atoms with Gasteiger partial charge in [-0.3, -0.25) is 19.1 Å². The summed E-state index contributed by atoms with van der Waals surface area (Å²) in [6.45, 7) is 1.97. The highest BCUT2D eigenvalue weighted by molar-refractivity contribution is 7.20. The van der Waals surface area contributed by atoms with Crippen molar-refractivity contribution in [1.82, 2.24) is 23.9 Å². The van der Waals surface area contributed by atoms with Crippen LogP contribution in [0.1, 0.15) is 11.3 Å². The molecule has 0 saturated heterocycles. The van der Waals surface area contributed by atoms with Crippen molar-refractivity contribution >= 4 is 55.0 Å². The van der Waals surface area contributed by atoms with Crippen molar-refractivity contribution in [3.05, 3.63) is 117 Å². The summed E-state index contributed by atoms with van der Waals surface area (Å²) in [6.07, 6.45) is 2.56. The summed E-state index contributed by atoms with van der Waals surface area (Å²) < 4.78 is 10.7. The maximum Gasteiger partial charge on any atom is 0.283 e.